The van der Waals surface area contributed by atoms with Crippen molar-refractivity contribution >= 4 is 28.2 Å². The number of aromatic nitrogens is 4. The molecule has 3 aromatic heterocycles. The molecule has 0 saturated carbocycles. The Hall–Kier alpha value is -3.78. The zero-order valence-corrected chi connectivity index (χ0v) is 21.5. The fourth-order valence-corrected chi connectivity index (χ4v) is 4.32. The van der Waals surface area contributed by atoms with Crippen LogP contribution in [-0.2, 0) is 6.54 Å². The van der Waals surface area contributed by atoms with Gasteiger partial charge in [0, 0.05) is 61.6 Å². The summed E-state index contributed by atoms with van der Waals surface area (Å²) in [6.07, 6.45) is 7.37. The molecule has 0 unspecified atom stereocenters. The number of likely N-dealkylation sites (N-methyl/N-ethyl adjacent to an activating group) is 1. The summed E-state index contributed by atoms with van der Waals surface area (Å²) in [6, 6.07) is 12.6. The van der Waals surface area contributed by atoms with Crippen molar-refractivity contribution in [3.63, 3.8) is 0 Å². The zero-order valence-electron chi connectivity index (χ0n) is 21.5. The van der Waals surface area contributed by atoms with Gasteiger partial charge in [0.2, 0.25) is 0 Å². The van der Waals surface area contributed by atoms with Crippen molar-refractivity contribution in [3.05, 3.63) is 66.7 Å². The number of piperazine rings is 1. The van der Waals surface area contributed by atoms with Gasteiger partial charge >= 0.3 is 0 Å². The first-order valence-electron chi connectivity index (χ1n) is 12.5. The van der Waals surface area contributed by atoms with Crippen molar-refractivity contribution in [2.24, 2.45) is 0 Å². The van der Waals surface area contributed by atoms with Gasteiger partial charge in [-0.05, 0) is 63.0 Å². The maximum absolute atomic E-state index is 4.77. The molecule has 1 fully saturated rings. The minimum atomic E-state index is -0.0804. The fraction of sp³-hybridized carbons (Fsp3) is 0.357. The monoisotopic (exact) mass is 482 g/mol. The Morgan fingerprint density at radius 3 is 2.50 bits per heavy atom. The third-order valence-electron chi connectivity index (χ3n) is 6.27. The molecule has 2 N–H and O–H groups in total. The molecule has 1 aliphatic rings. The Labute approximate surface area is 212 Å². The van der Waals surface area contributed by atoms with E-state index in [2.05, 4.69) is 99.6 Å². The molecule has 8 heteroatoms. The number of hydrogen-bond donors (Lipinski definition) is 2. The van der Waals surface area contributed by atoms with E-state index < -0.39 is 0 Å². The van der Waals surface area contributed by atoms with Gasteiger partial charge in [-0.3, -0.25) is 4.98 Å². The van der Waals surface area contributed by atoms with E-state index in [0.717, 1.165) is 65.7 Å². The smallest absolute Gasteiger partial charge is 0.145 e. The van der Waals surface area contributed by atoms with Crippen LogP contribution in [0.4, 0.5) is 17.5 Å². The predicted molar refractivity (Wildman–Crippen MR) is 147 cm³/mol. The van der Waals surface area contributed by atoms with Gasteiger partial charge in [0.25, 0.3) is 0 Å². The van der Waals surface area contributed by atoms with Gasteiger partial charge < -0.3 is 20.4 Å². The molecule has 0 atom stereocenters. The molecule has 8 nitrogen and oxygen atoms in total. The van der Waals surface area contributed by atoms with E-state index in [1.807, 2.05) is 12.4 Å². The van der Waals surface area contributed by atoms with E-state index in [9.17, 15) is 0 Å². The molecule has 4 heterocycles. The van der Waals surface area contributed by atoms with Crippen LogP contribution in [0.25, 0.3) is 22.0 Å². The summed E-state index contributed by atoms with van der Waals surface area (Å²) in [4.78, 5) is 23.1. The third-order valence-corrected chi connectivity index (χ3v) is 6.27. The lowest BCUT2D eigenvalue weighted by molar-refractivity contribution is 0.312. The maximum Gasteiger partial charge on any atom is 0.145 e. The van der Waals surface area contributed by atoms with Crippen LogP contribution in [0.1, 0.15) is 26.3 Å². The summed E-state index contributed by atoms with van der Waals surface area (Å²) in [7, 11) is 2.17. The van der Waals surface area contributed by atoms with Crippen molar-refractivity contribution in [3.8, 4) is 11.3 Å². The lowest BCUT2D eigenvalue weighted by Crippen LogP contribution is -2.44. The van der Waals surface area contributed by atoms with Crippen LogP contribution in [0.5, 0.6) is 0 Å². The van der Waals surface area contributed by atoms with Crippen LogP contribution >= 0.6 is 0 Å². The second-order valence-corrected chi connectivity index (χ2v) is 10.5. The highest BCUT2D eigenvalue weighted by Gasteiger charge is 2.15. The van der Waals surface area contributed by atoms with Gasteiger partial charge in [-0.1, -0.05) is 12.1 Å². The fourth-order valence-electron chi connectivity index (χ4n) is 4.32. The van der Waals surface area contributed by atoms with E-state index in [-0.39, 0.29) is 5.54 Å². The van der Waals surface area contributed by atoms with Crippen molar-refractivity contribution in [2.45, 2.75) is 32.9 Å². The first-order valence-corrected chi connectivity index (χ1v) is 12.5. The van der Waals surface area contributed by atoms with Gasteiger partial charge in [-0.2, -0.15) is 0 Å². The van der Waals surface area contributed by atoms with Gasteiger partial charge in [0.05, 0.1) is 18.1 Å². The van der Waals surface area contributed by atoms with Gasteiger partial charge in [0.1, 0.15) is 17.5 Å². The molecule has 0 aliphatic carbocycles. The number of pyridine rings is 2. The van der Waals surface area contributed by atoms with E-state index in [1.54, 1.807) is 12.4 Å². The number of rotatable bonds is 6. The molecule has 1 saturated heterocycles. The number of fused-ring (bicyclic) bond motifs is 1. The quantitative estimate of drug-likeness (QED) is 0.411. The molecular weight excluding hydrogens is 448 g/mol. The van der Waals surface area contributed by atoms with Crippen LogP contribution in [0, 0.1) is 0 Å². The van der Waals surface area contributed by atoms with Gasteiger partial charge in [-0.15, -0.1) is 0 Å². The van der Waals surface area contributed by atoms with E-state index >= 15 is 0 Å². The molecule has 5 rings (SSSR count). The Bertz CT molecular complexity index is 1340. The number of nitrogens with zero attached hydrogens (tertiary/aromatic N) is 6. The maximum atomic E-state index is 4.77. The number of nitrogens with one attached hydrogen (secondary N) is 2. The van der Waals surface area contributed by atoms with E-state index in [0.29, 0.717) is 6.54 Å². The molecule has 0 spiro atoms. The van der Waals surface area contributed by atoms with Gasteiger partial charge in [-0.25, -0.2) is 15.0 Å². The Morgan fingerprint density at radius 1 is 0.861 bits per heavy atom. The Kier molecular flexibility index (Phi) is 6.69. The average molecular weight is 483 g/mol. The molecular formula is C28H34N8. The molecule has 36 heavy (non-hydrogen) atoms. The van der Waals surface area contributed by atoms with Crippen molar-refractivity contribution < 1.29 is 0 Å². The first-order chi connectivity index (χ1) is 17.3. The molecule has 0 amide bonds. The zero-order chi connectivity index (χ0) is 25.1. The lowest BCUT2D eigenvalue weighted by atomic mass is 10.1. The molecule has 0 radical (unpaired) electrons. The average Bonchev–Trinajstić information content (AvgIpc) is 2.87. The predicted octanol–water partition coefficient (Wildman–Crippen LogP) is 4.66. The van der Waals surface area contributed by atoms with Crippen molar-refractivity contribution in [2.75, 3.05) is 48.8 Å². The largest absolute Gasteiger partial charge is 0.366 e. The summed E-state index contributed by atoms with van der Waals surface area (Å²) in [5.41, 5.74) is 2.97. The van der Waals surface area contributed by atoms with Crippen molar-refractivity contribution in [1.29, 1.82) is 0 Å². The number of anilines is 3. The van der Waals surface area contributed by atoms with Gasteiger partial charge in [0.15, 0.2) is 0 Å². The summed E-state index contributed by atoms with van der Waals surface area (Å²) < 4.78 is 0. The van der Waals surface area contributed by atoms with Crippen LogP contribution in [0.2, 0.25) is 0 Å². The summed E-state index contributed by atoms with van der Waals surface area (Å²) >= 11 is 0. The number of hydrogen-bond acceptors (Lipinski definition) is 8. The van der Waals surface area contributed by atoms with Crippen LogP contribution in [0.3, 0.4) is 0 Å². The van der Waals surface area contributed by atoms with Crippen molar-refractivity contribution in [1.82, 2.24) is 24.8 Å². The Morgan fingerprint density at radius 2 is 1.69 bits per heavy atom. The highest BCUT2D eigenvalue weighted by molar-refractivity contribution is 5.88. The normalized spacial score (nSPS) is 14.7. The highest BCUT2D eigenvalue weighted by Crippen LogP contribution is 2.25. The van der Waals surface area contributed by atoms with Crippen LogP contribution in [-0.4, -0.2) is 63.6 Å². The number of benzene rings is 1. The lowest BCUT2D eigenvalue weighted by Gasteiger charge is -2.33. The molecule has 186 valence electrons. The second-order valence-electron chi connectivity index (χ2n) is 10.5. The standard InChI is InChI=1S/C28H34N8/c1-28(2,3)34-26-19-29-18-24(33-26)21-5-6-22-17-32-25(15-23(22)14-21)31-16-20-7-8-30-27(13-20)36-11-9-35(4)10-12-36/h5-8,13-15,17-19H,9-12,16H2,1-4H3,(H,31,32)(H,33,34). The van der Waals surface area contributed by atoms with Crippen LogP contribution in [0.15, 0.2) is 61.2 Å². The van der Waals surface area contributed by atoms with E-state index in [4.69, 9.17) is 4.98 Å². The summed E-state index contributed by atoms with van der Waals surface area (Å²) in [5, 5.41) is 9.07. The highest BCUT2D eigenvalue weighted by atomic mass is 15.3. The summed E-state index contributed by atoms with van der Waals surface area (Å²) in [5.74, 6) is 2.65. The minimum absolute atomic E-state index is 0.0804. The molecule has 0 bridgehead atoms. The Balaban J connectivity index is 1.31. The minimum Gasteiger partial charge on any atom is -0.366 e. The van der Waals surface area contributed by atoms with E-state index in [1.165, 1.54) is 5.56 Å². The molecule has 1 aromatic carbocycles. The third kappa shape index (κ3) is 5.88. The molecule has 4 aromatic rings. The topological polar surface area (TPSA) is 82.1 Å². The summed E-state index contributed by atoms with van der Waals surface area (Å²) in [6.45, 7) is 11.2. The molecule has 1 aliphatic heterocycles. The first kappa shape index (κ1) is 23.9. The second kappa shape index (κ2) is 10.1. The SMILES string of the molecule is CN1CCN(c2cc(CNc3cc4cc(-c5cncc(NC(C)(C)C)n5)ccc4cn3)ccn2)CC1. The van der Waals surface area contributed by atoms with Crippen LogP contribution < -0.4 is 15.5 Å².